The van der Waals surface area contributed by atoms with E-state index in [1.54, 1.807) is 6.08 Å². The summed E-state index contributed by atoms with van der Waals surface area (Å²) < 4.78 is 9.02. The zero-order valence-corrected chi connectivity index (χ0v) is 14.4. The largest absolute Gasteiger partial charge is 0.372 e. The van der Waals surface area contributed by atoms with Crippen LogP contribution in [0.5, 0.6) is 0 Å². The maximum atomic E-state index is 9.02. The van der Waals surface area contributed by atoms with Crippen molar-refractivity contribution >= 4 is 34.6 Å². The van der Waals surface area contributed by atoms with E-state index in [0.717, 1.165) is 36.9 Å². The summed E-state index contributed by atoms with van der Waals surface area (Å²) in [6.45, 7) is 6.54. The Morgan fingerprint density at radius 1 is 1.13 bits per heavy atom. The number of anilines is 1. The summed E-state index contributed by atoms with van der Waals surface area (Å²) in [6, 6.07) is 14.6. The second-order valence-electron chi connectivity index (χ2n) is 5.49. The highest BCUT2D eigenvalue weighted by atomic mass is 32.2. The topological polar surface area (TPSA) is 47.3 Å². The first-order valence-electron chi connectivity index (χ1n) is 7.93. The number of hydrogen-bond acceptors (Lipinski definition) is 4. The molecule has 0 saturated heterocycles. The molecule has 0 fully saturated rings. The van der Waals surface area contributed by atoms with Gasteiger partial charge < -0.3 is 9.45 Å². The van der Waals surface area contributed by atoms with Crippen LogP contribution >= 0.6 is 12.0 Å². The van der Waals surface area contributed by atoms with Crippen molar-refractivity contribution in [3.05, 3.63) is 46.9 Å². The average molecular weight is 326 g/mol. The van der Waals surface area contributed by atoms with Crippen LogP contribution in [-0.4, -0.2) is 17.6 Å². The van der Waals surface area contributed by atoms with E-state index in [4.69, 9.17) is 9.81 Å². The van der Waals surface area contributed by atoms with Crippen molar-refractivity contribution in [1.29, 1.82) is 5.26 Å². The molecule has 0 aliphatic carbocycles. The number of nitrogens with zero attached hydrogens (tertiary/aromatic N) is 2. The highest BCUT2D eigenvalue weighted by Crippen LogP contribution is 2.25. The van der Waals surface area contributed by atoms with Gasteiger partial charge in [0.1, 0.15) is 11.0 Å². The van der Waals surface area contributed by atoms with Gasteiger partial charge in [0, 0.05) is 30.8 Å². The lowest BCUT2D eigenvalue weighted by Gasteiger charge is -2.24. The van der Waals surface area contributed by atoms with Gasteiger partial charge in [-0.25, -0.2) is 0 Å². The highest BCUT2D eigenvalue weighted by Gasteiger charge is 2.06. The number of rotatable bonds is 7. The molecule has 1 N–H and O–H groups in total. The minimum absolute atomic E-state index is 0.290. The first kappa shape index (κ1) is 17.4. The molecule has 3 nitrogen and oxygen atoms in total. The van der Waals surface area contributed by atoms with Crippen molar-refractivity contribution in [2.45, 2.75) is 26.7 Å². The van der Waals surface area contributed by atoms with Gasteiger partial charge in [0.15, 0.2) is 0 Å². The van der Waals surface area contributed by atoms with E-state index in [-0.39, 0.29) is 4.91 Å². The van der Waals surface area contributed by atoms with Gasteiger partial charge in [0.05, 0.1) is 0 Å². The van der Waals surface area contributed by atoms with Gasteiger partial charge in [-0.05, 0) is 53.5 Å². The van der Waals surface area contributed by atoms with Gasteiger partial charge in [0.2, 0.25) is 0 Å². The van der Waals surface area contributed by atoms with Crippen LogP contribution < -0.4 is 4.90 Å². The third-order valence-corrected chi connectivity index (χ3v) is 4.11. The predicted molar refractivity (Wildman–Crippen MR) is 101 cm³/mol. The maximum Gasteiger partial charge on any atom is 0.113 e. The fraction of sp³-hybridized carbons (Fsp3) is 0.316. The SMILES string of the molecule is CCCN(CCC)c1ccc2cc(/C=C(\C#N)SO)ccc2c1. The Hall–Kier alpha value is -1.96. The molecule has 2 rings (SSSR count). The van der Waals surface area contributed by atoms with Crippen LogP contribution in [0.25, 0.3) is 16.8 Å². The Kier molecular flexibility index (Phi) is 6.52. The van der Waals surface area contributed by atoms with Crippen LogP contribution in [0.1, 0.15) is 32.3 Å². The fourth-order valence-corrected chi connectivity index (χ4v) is 2.91. The highest BCUT2D eigenvalue weighted by molar-refractivity contribution is 7.98. The normalized spacial score (nSPS) is 11.5. The fourth-order valence-electron chi connectivity index (χ4n) is 2.68. The third-order valence-electron chi connectivity index (χ3n) is 3.71. The molecule has 0 spiro atoms. The van der Waals surface area contributed by atoms with Gasteiger partial charge >= 0.3 is 0 Å². The number of nitriles is 1. The smallest absolute Gasteiger partial charge is 0.113 e. The van der Waals surface area contributed by atoms with Gasteiger partial charge in [-0.3, -0.25) is 0 Å². The summed E-state index contributed by atoms with van der Waals surface area (Å²) >= 11 is 0.481. The summed E-state index contributed by atoms with van der Waals surface area (Å²) in [5, 5.41) is 11.2. The first-order valence-corrected chi connectivity index (χ1v) is 8.71. The molecule has 0 heterocycles. The molecule has 0 aromatic heterocycles. The Labute approximate surface area is 142 Å². The van der Waals surface area contributed by atoms with E-state index < -0.39 is 0 Å². The minimum atomic E-state index is 0.290. The second-order valence-corrected chi connectivity index (χ2v) is 6.11. The number of allylic oxidation sites excluding steroid dienone is 1. The Morgan fingerprint density at radius 2 is 1.78 bits per heavy atom. The maximum absolute atomic E-state index is 9.02. The molecular formula is C19H22N2OS. The van der Waals surface area contributed by atoms with E-state index in [9.17, 15) is 0 Å². The van der Waals surface area contributed by atoms with E-state index in [1.165, 1.54) is 11.1 Å². The molecule has 23 heavy (non-hydrogen) atoms. The molecule has 0 aliphatic rings. The molecule has 0 bridgehead atoms. The van der Waals surface area contributed by atoms with Crippen LogP contribution in [0.4, 0.5) is 5.69 Å². The van der Waals surface area contributed by atoms with Gasteiger partial charge in [-0.2, -0.15) is 5.26 Å². The summed E-state index contributed by atoms with van der Waals surface area (Å²) in [4.78, 5) is 2.71. The Morgan fingerprint density at radius 3 is 2.39 bits per heavy atom. The van der Waals surface area contributed by atoms with E-state index in [2.05, 4.69) is 43.0 Å². The molecular weight excluding hydrogens is 304 g/mol. The van der Waals surface area contributed by atoms with Crippen LogP contribution in [0.15, 0.2) is 41.3 Å². The molecule has 2 aromatic carbocycles. The molecule has 0 unspecified atom stereocenters. The minimum Gasteiger partial charge on any atom is -0.372 e. The van der Waals surface area contributed by atoms with Gasteiger partial charge in [-0.1, -0.05) is 32.0 Å². The summed E-state index contributed by atoms with van der Waals surface area (Å²) in [5.41, 5.74) is 2.18. The molecule has 0 atom stereocenters. The number of benzene rings is 2. The van der Waals surface area contributed by atoms with Crippen molar-refractivity contribution in [3.63, 3.8) is 0 Å². The summed E-state index contributed by atoms with van der Waals surface area (Å²) in [6.07, 6.45) is 3.97. The van der Waals surface area contributed by atoms with Crippen LogP contribution in [0.3, 0.4) is 0 Å². The van der Waals surface area contributed by atoms with Crippen molar-refractivity contribution in [2.24, 2.45) is 0 Å². The van der Waals surface area contributed by atoms with Crippen molar-refractivity contribution in [3.8, 4) is 6.07 Å². The summed E-state index contributed by atoms with van der Waals surface area (Å²) in [5.74, 6) is 0. The lowest BCUT2D eigenvalue weighted by atomic mass is 10.1. The van der Waals surface area contributed by atoms with Crippen LogP contribution in [0.2, 0.25) is 0 Å². The quantitative estimate of drug-likeness (QED) is 0.536. The lowest BCUT2D eigenvalue weighted by Crippen LogP contribution is -2.24. The van der Waals surface area contributed by atoms with Crippen molar-refractivity contribution < 1.29 is 4.55 Å². The monoisotopic (exact) mass is 326 g/mol. The van der Waals surface area contributed by atoms with Crippen LogP contribution in [0, 0.1) is 11.3 Å². The third kappa shape index (κ3) is 4.51. The molecule has 120 valence electrons. The predicted octanol–water partition coefficient (Wildman–Crippen LogP) is 5.54. The second kappa shape index (κ2) is 8.61. The standard InChI is InChI=1S/C19H22N2OS/c1-3-9-21(10-4-2)18-8-7-16-11-15(5-6-17(16)13-18)12-19(14-20)23-22/h5-8,11-13,22H,3-4,9-10H2,1-2H3/b19-12+. The molecule has 0 amide bonds. The zero-order valence-electron chi connectivity index (χ0n) is 13.6. The van der Waals surface area contributed by atoms with E-state index >= 15 is 0 Å². The summed E-state index contributed by atoms with van der Waals surface area (Å²) in [7, 11) is 0. The molecule has 0 aliphatic heterocycles. The zero-order chi connectivity index (χ0) is 16.7. The lowest BCUT2D eigenvalue weighted by molar-refractivity contribution is 0.670. The van der Waals surface area contributed by atoms with Crippen molar-refractivity contribution in [2.75, 3.05) is 18.0 Å². The van der Waals surface area contributed by atoms with Crippen molar-refractivity contribution in [1.82, 2.24) is 0 Å². The Bertz CT molecular complexity index is 728. The van der Waals surface area contributed by atoms with E-state index in [0.29, 0.717) is 12.0 Å². The molecule has 0 radical (unpaired) electrons. The number of hydrogen-bond donors (Lipinski definition) is 1. The molecule has 2 aromatic rings. The first-order chi connectivity index (χ1) is 11.2. The van der Waals surface area contributed by atoms with E-state index in [1.807, 2.05) is 18.2 Å². The Balaban J connectivity index is 2.35. The average Bonchev–Trinajstić information content (AvgIpc) is 2.59. The van der Waals surface area contributed by atoms with Gasteiger partial charge in [0.25, 0.3) is 0 Å². The molecule has 4 heteroatoms. The molecule has 0 saturated carbocycles. The van der Waals surface area contributed by atoms with Crippen LogP contribution in [-0.2, 0) is 0 Å². The number of fused-ring (bicyclic) bond motifs is 1. The van der Waals surface area contributed by atoms with Gasteiger partial charge in [-0.15, -0.1) is 0 Å².